The minimum Gasteiger partial charge on any atom is -0.389 e. The zero-order chi connectivity index (χ0) is 14.0. The van der Waals surface area contributed by atoms with Gasteiger partial charge in [0.25, 0.3) is 0 Å². The minimum absolute atomic E-state index is 0.212. The number of benzene rings is 2. The highest BCUT2D eigenvalue weighted by molar-refractivity contribution is 7.80. The molecule has 0 spiro atoms. The maximum absolute atomic E-state index is 13.1. The van der Waals surface area contributed by atoms with Crippen LogP contribution >= 0.6 is 35.4 Å². The van der Waals surface area contributed by atoms with Gasteiger partial charge in [0.2, 0.25) is 0 Å². The van der Waals surface area contributed by atoms with Crippen molar-refractivity contribution in [2.45, 2.75) is 0 Å². The lowest BCUT2D eigenvalue weighted by atomic mass is 10.2. The summed E-state index contributed by atoms with van der Waals surface area (Å²) in [5, 5.41) is 3.44. The van der Waals surface area contributed by atoms with E-state index < -0.39 is 5.82 Å². The van der Waals surface area contributed by atoms with Crippen molar-refractivity contribution in [1.82, 2.24) is 0 Å². The van der Waals surface area contributed by atoms with Gasteiger partial charge in [-0.3, -0.25) is 0 Å². The number of rotatable bonds is 3. The lowest BCUT2D eigenvalue weighted by Crippen LogP contribution is -2.08. The zero-order valence-electron chi connectivity index (χ0n) is 9.58. The van der Waals surface area contributed by atoms with Crippen LogP contribution in [0.3, 0.4) is 0 Å². The van der Waals surface area contributed by atoms with E-state index in [1.807, 2.05) is 0 Å². The van der Waals surface area contributed by atoms with Gasteiger partial charge in [-0.05, 0) is 36.4 Å². The van der Waals surface area contributed by atoms with E-state index in [1.54, 1.807) is 24.3 Å². The predicted molar refractivity (Wildman–Crippen MR) is 82.0 cm³/mol. The molecule has 0 saturated heterocycles. The average molecular weight is 315 g/mol. The van der Waals surface area contributed by atoms with Crippen molar-refractivity contribution in [3.63, 3.8) is 0 Å². The second-order valence-electron chi connectivity index (χ2n) is 3.81. The second-order valence-corrected chi connectivity index (χ2v) is 5.07. The summed E-state index contributed by atoms with van der Waals surface area (Å²) in [7, 11) is 0. The fraction of sp³-hybridized carbons (Fsp3) is 0. The smallest absolute Gasteiger partial charge is 0.126 e. The third-order valence-corrected chi connectivity index (χ3v) is 3.28. The van der Waals surface area contributed by atoms with Crippen LogP contribution in [0.25, 0.3) is 0 Å². The van der Waals surface area contributed by atoms with Crippen LogP contribution in [0.1, 0.15) is 5.56 Å². The fourth-order valence-electron chi connectivity index (χ4n) is 1.52. The topological polar surface area (TPSA) is 38.0 Å². The van der Waals surface area contributed by atoms with Crippen molar-refractivity contribution >= 4 is 51.8 Å². The van der Waals surface area contributed by atoms with Gasteiger partial charge >= 0.3 is 0 Å². The largest absolute Gasteiger partial charge is 0.389 e. The number of nitrogens with two attached hydrogens (primary N) is 1. The van der Waals surface area contributed by atoms with Gasteiger partial charge in [0.15, 0.2) is 0 Å². The van der Waals surface area contributed by atoms with Crippen LogP contribution in [0.4, 0.5) is 15.8 Å². The molecular formula is C13H9Cl2FN2S. The van der Waals surface area contributed by atoms with E-state index in [1.165, 1.54) is 12.1 Å². The van der Waals surface area contributed by atoms with Crippen LogP contribution in [0, 0.1) is 5.82 Å². The molecule has 98 valence electrons. The molecule has 2 aromatic carbocycles. The highest BCUT2D eigenvalue weighted by atomic mass is 35.5. The van der Waals surface area contributed by atoms with E-state index in [2.05, 4.69) is 5.32 Å². The van der Waals surface area contributed by atoms with Gasteiger partial charge in [0, 0.05) is 11.3 Å². The SMILES string of the molecule is NC(=S)c1ccc(Nc2c(Cl)cc(F)cc2Cl)cc1. The molecule has 0 aromatic heterocycles. The van der Waals surface area contributed by atoms with Crippen LogP contribution in [-0.4, -0.2) is 4.99 Å². The molecule has 0 atom stereocenters. The van der Waals surface area contributed by atoms with Crippen molar-refractivity contribution in [2.75, 3.05) is 5.32 Å². The summed E-state index contributed by atoms with van der Waals surface area (Å²) in [5.41, 5.74) is 7.47. The van der Waals surface area contributed by atoms with Gasteiger partial charge in [-0.2, -0.15) is 0 Å². The first-order valence-electron chi connectivity index (χ1n) is 5.29. The van der Waals surface area contributed by atoms with E-state index in [0.717, 1.165) is 11.3 Å². The van der Waals surface area contributed by atoms with Crippen molar-refractivity contribution < 1.29 is 4.39 Å². The molecule has 0 fully saturated rings. The maximum atomic E-state index is 13.1. The van der Waals surface area contributed by atoms with E-state index in [9.17, 15) is 4.39 Å². The average Bonchev–Trinajstić information content (AvgIpc) is 2.34. The summed E-state index contributed by atoms with van der Waals surface area (Å²) in [5.74, 6) is -0.482. The summed E-state index contributed by atoms with van der Waals surface area (Å²) in [6.45, 7) is 0. The number of anilines is 2. The molecule has 0 aliphatic heterocycles. The summed E-state index contributed by atoms with van der Waals surface area (Å²) < 4.78 is 13.1. The fourth-order valence-corrected chi connectivity index (χ4v) is 2.21. The second kappa shape index (κ2) is 5.74. The number of hydrogen-bond acceptors (Lipinski definition) is 2. The summed E-state index contributed by atoms with van der Waals surface area (Å²) in [6, 6.07) is 9.50. The number of halogens is 3. The van der Waals surface area contributed by atoms with Crippen LogP contribution in [0.5, 0.6) is 0 Å². The van der Waals surface area contributed by atoms with E-state index >= 15 is 0 Å². The Morgan fingerprint density at radius 2 is 1.63 bits per heavy atom. The first-order chi connectivity index (χ1) is 8.97. The quantitative estimate of drug-likeness (QED) is 0.819. The molecule has 2 rings (SSSR count). The monoisotopic (exact) mass is 314 g/mol. The molecule has 0 saturated carbocycles. The van der Waals surface area contributed by atoms with Gasteiger partial charge in [-0.15, -0.1) is 0 Å². The number of nitrogens with one attached hydrogen (secondary N) is 1. The molecule has 0 aliphatic carbocycles. The Balaban J connectivity index is 2.29. The Morgan fingerprint density at radius 3 is 2.11 bits per heavy atom. The van der Waals surface area contributed by atoms with Gasteiger partial charge in [-0.1, -0.05) is 35.4 Å². The lowest BCUT2D eigenvalue weighted by molar-refractivity contribution is 0.628. The van der Waals surface area contributed by atoms with E-state index in [0.29, 0.717) is 10.7 Å². The van der Waals surface area contributed by atoms with Crippen molar-refractivity contribution in [1.29, 1.82) is 0 Å². The normalized spacial score (nSPS) is 10.3. The zero-order valence-corrected chi connectivity index (χ0v) is 11.9. The third-order valence-electron chi connectivity index (χ3n) is 2.45. The van der Waals surface area contributed by atoms with Gasteiger partial charge in [0.1, 0.15) is 10.8 Å². The molecule has 0 heterocycles. The molecule has 2 nitrogen and oxygen atoms in total. The predicted octanol–water partition coefficient (Wildman–Crippen LogP) is 4.51. The molecule has 0 radical (unpaired) electrons. The van der Waals surface area contributed by atoms with Gasteiger partial charge in [0.05, 0.1) is 15.7 Å². The maximum Gasteiger partial charge on any atom is 0.126 e. The number of thiocarbonyl (C=S) groups is 1. The highest BCUT2D eigenvalue weighted by Gasteiger charge is 2.08. The van der Waals surface area contributed by atoms with Crippen molar-refractivity contribution in [2.24, 2.45) is 5.73 Å². The lowest BCUT2D eigenvalue weighted by Gasteiger charge is -2.11. The third kappa shape index (κ3) is 3.35. The van der Waals surface area contributed by atoms with E-state index in [4.69, 9.17) is 41.2 Å². The summed E-state index contributed by atoms with van der Waals surface area (Å²) in [4.78, 5) is 0.324. The van der Waals surface area contributed by atoms with Crippen molar-refractivity contribution in [3.05, 3.63) is 57.8 Å². The van der Waals surface area contributed by atoms with Gasteiger partial charge in [-0.25, -0.2) is 4.39 Å². The Labute approximate surface area is 125 Å². The van der Waals surface area contributed by atoms with Crippen LogP contribution in [-0.2, 0) is 0 Å². The molecule has 19 heavy (non-hydrogen) atoms. The molecule has 2 aromatic rings. The van der Waals surface area contributed by atoms with Crippen molar-refractivity contribution in [3.8, 4) is 0 Å². The van der Waals surface area contributed by atoms with Crippen LogP contribution in [0.15, 0.2) is 36.4 Å². The molecule has 0 amide bonds. The molecular weight excluding hydrogens is 306 g/mol. The Kier molecular flexibility index (Phi) is 4.24. The highest BCUT2D eigenvalue weighted by Crippen LogP contribution is 2.33. The Hall–Kier alpha value is -1.36. The van der Waals surface area contributed by atoms with Crippen LogP contribution < -0.4 is 11.1 Å². The van der Waals surface area contributed by atoms with Crippen LogP contribution in [0.2, 0.25) is 10.0 Å². The Bertz CT molecular complexity index is 606. The molecule has 0 bridgehead atoms. The molecule has 0 unspecified atom stereocenters. The molecule has 0 aliphatic rings. The molecule has 3 N–H and O–H groups in total. The standard InChI is InChI=1S/C13H9Cl2FN2S/c14-10-5-8(16)6-11(15)12(10)18-9-3-1-7(2-4-9)13(17)19/h1-6,18H,(H2,17,19). The van der Waals surface area contributed by atoms with Gasteiger partial charge < -0.3 is 11.1 Å². The number of hydrogen-bond donors (Lipinski definition) is 2. The summed E-state index contributed by atoms with van der Waals surface area (Å²) in [6.07, 6.45) is 0. The summed E-state index contributed by atoms with van der Waals surface area (Å²) >= 11 is 16.7. The first kappa shape index (κ1) is 14.1. The first-order valence-corrected chi connectivity index (χ1v) is 6.45. The minimum atomic E-state index is -0.482. The van der Waals surface area contributed by atoms with E-state index in [-0.39, 0.29) is 10.0 Å². The Morgan fingerprint density at radius 1 is 1.11 bits per heavy atom. The molecule has 6 heteroatoms.